The molecule has 3 N–H and O–H groups in total. The van der Waals surface area contributed by atoms with Gasteiger partial charge in [-0.25, -0.2) is 17.9 Å². The van der Waals surface area contributed by atoms with E-state index in [-0.39, 0.29) is 5.56 Å². The lowest BCUT2D eigenvalue weighted by atomic mass is 10.2. The summed E-state index contributed by atoms with van der Waals surface area (Å²) in [5.74, 6) is -1.60. The van der Waals surface area contributed by atoms with Crippen molar-refractivity contribution in [2.75, 3.05) is 6.54 Å². The maximum absolute atomic E-state index is 12.0. The minimum absolute atomic E-state index is 0.136. The summed E-state index contributed by atoms with van der Waals surface area (Å²) in [5, 5.41) is 28.3. The van der Waals surface area contributed by atoms with Crippen LogP contribution in [0.3, 0.4) is 0 Å². The van der Waals surface area contributed by atoms with Crippen LogP contribution in [-0.2, 0) is 14.8 Å². The molecule has 1 unspecified atom stereocenters. The summed E-state index contributed by atoms with van der Waals surface area (Å²) in [6.07, 6.45) is -1.94. The Balaban J connectivity index is 3.16. The third-order valence-electron chi connectivity index (χ3n) is 2.41. The molecule has 1 aromatic carbocycles. The summed E-state index contributed by atoms with van der Waals surface area (Å²) in [5.41, 5.74) is -0.487. The average molecular weight is 304 g/mol. The zero-order chi connectivity index (χ0) is 15.5. The maximum Gasteiger partial charge on any atom is 0.333 e. The molecule has 0 aliphatic heterocycles. The molecule has 1 rings (SSSR count). The van der Waals surface area contributed by atoms with Crippen LogP contribution < -0.4 is 4.72 Å². The first-order valence-electron chi connectivity index (χ1n) is 5.31. The first kappa shape index (κ1) is 16.0. The van der Waals surface area contributed by atoms with Crippen molar-refractivity contribution < 1.29 is 28.3 Å². The second-order valence-electron chi connectivity index (χ2n) is 3.89. The van der Waals surface area contributed by atoms with Crippen molar-refractivity contribution in [3.8, 4) is 0 Å². The van der Waals surface area contributed by atoms with Crippen molar-refractivity contribution in [1.82, 2.24) is 4.72 Å². The molecule has 110 valence electrons. The number of rotatable bonds is 6. The largest absolute Gasteiger partial charge is 0.479 e. The topological polar surface area (TPSA) is 147 Å². The van der Waals surface area contributed by atoms with Crippen LogP contribution in [0.5, 0.6) is 0 Å². The van der Waals surface area contributed by atoms with Crippen LogP contribution in [0.25, 0.3) is 0 Å². The second-order valence-corrected chi connectivity index (χ2v) is 5.59. The van der Waals surface area contributed by atoms with Gasteiger partial charge in [-0.3, -0.25) is 10.1 Å². The van der Waals surface area contributed by atoms with E-state index in [4.69, 9.17) is 10.2 Å². The molecule has 0 aromatic heterocycles. The standard InChI is InChI=1S/C10H12N2O7S/c1-6-3-2-4-7(12(16)17)9(6)20(18,19)11-5-8(13)10(14)15/h2-4,8,11,13H,5H2,1H3,(H,14,15). The van der Waals surface area contributed by atoms with Crippen LogP contribution >= 0.6 is 0 Å². The lowest BCUT2D eigenvalue weighted by Crippen LogP contribution is -2.36. The first-order valence-corrected chi connectivity index (χ1v) is 6.79. The van der Waals surface area contributed by atoms with Gasteiger partial charge < -0.3 is 10.2 Å². The molecule has 1 aromatic rings. The zero-order valence-electron chi connectivity index (χ0n) is 10.3. The van der Waals surface area contributed by atoms with E-state index in [0.717, 1.165) is 6.07 Å². The number of carboxylic acid groups (broad SMARTS) is 1. The van der Waals surface area contributed by atoms with Crippen LogP contribution in [0, 0.1) is 17.0 Å². The molecular weight excluding hydrogens is 292 g/mol. The van der Waals surface area contributed by atoms with Gasteiger partial charge in [0, 0.05) is 12.6 Å². The molecule has 0 amide bonds. The lowest BCUT2D eigenvalue weighted by molar-refractivity contribution is -0.387. The number of carbonyl (C=O) groups is 1. The van der Waals surface area contributed by atoms with Crippen molar-refractivity contribution in [2.24, 2.45) is 0 Å². The summed E-state index contributed by atoms with van der Waals surface area (Å²) in [6.45, 7) is 0.582. The van der Waals surface area contributed by atoms with Gasteiger partial charge in [-0.15, -0.1) is 0 Å². The second kappa shape index (κ2) is 5.94. The zero-order valence-corrected chi connectivity index (χ0v) is 11.1. The molecule has 0 aliphatic rings. The summed E-state index contributed by atoms with van der Waals surface area (Å²) >= 11 is 0. The van der Waals surface area contributed by atoms with Gasteiger partial charge in [0.25, 0.3) is 5.69 Å². The van der Waals surface area contributed by atoms with Gasteiger partial charge in [-0.05, 0) is 12.5 Å². The van der Waals surface area contributed by atoms with Gasteiger partial charge in [0.1, 0.15) is 0 Å². The van der Waals surface area contributed by atoms with Crippen LogP contribution in [-0.4, -0.2) is 42.2 Å². The first-order chi connectivity index (χ1) is 9.16. The van der Waals surface area contributed by atoms with Crippen molar-refractivity contribution in [3.63, 3.8) is 0 Å². The van der Waals surface area contributed by atoms with E-state index in [1.54, 1.807) is 0 Å². The Morgan fingerprint density at radius 1 is 1.50 bits per heavy atom. The van der Waals surface area contributed by atoms with Crippen LogP contribution in [0.15, 0.2) is 23.1 Å². The predicted molar refractivity (Wildman–Crippen MR) is 66.7 cm³/mol. The average Bonchev–Trinajstić information content (AvgIpc) is 2.35. The number of carboxylic acids is 1. The van der Waals surface area contributed by atoms with Crippen LogP contribution in [0.1, 0.15) is 5.56 Å². The number of hydrogen-bond donors (Lipinski definition) is 3. The van der Waals surface area contributed by atoms with E-state index in [0.29, 0.717) is 0 Å². The highest BCUT2D eigenvalue weighted by atomic mass is 32.2. The van der Waals surface area contributed by atoms with Gasteiger partial charge in [0.2, 0.25) is 10.0 Å². The molecule has 0 bridgehead atoms. The van der Waals surface area contributed by atoms with Gasteiger partial charge in [-0.2, -0.15) is 0 Å². The summed E-state index contributed by atoms with van der Waals surface area (Å²) in [4.78, 5) is 19.8. The van der Waals surface area contributed by atoms with Crippen molar-refractivity contribution >= 4 is 21.7 Å². The Hall–Kier alpha value is -2.04. The van der Waals surface area contributed by atoms with Crippen LogP contribution in [0.4, 0.5) is 5.69 Å². The molecule has 0 saturated heterocycles. The number of aliphatic carboxylic acids is 1. The quantitative estimate of drug-likeness (QED) is 0.479. The molecule has 1 atom stereocenters. The van der Waals surface area contributed by atoms with Crippen LogP contribution in [0.2, 0.25) is 0 Å². The third kappa shape index (κ3) is 3.50. The Bertz CT molecular complexity index is 641. The van der Waals surface area contributed by atoms with Gasteiger partial charge in [0.05, 0.1) is 4.92 Å². The number of nitro groups is 1. The normalized spacial score (nSPS) is 12.9. The van der Waals surface area contributed by atoms with Crippen molar-refractivity contribution in [3.05, 3.63) is 33.9 Å². The summed E-state index contributed by atoms with van der Waals surface area (Å²) in [7, 11) is -4.31. The molecule has 0 heterocycles. The SMILES string of the molecule is Cc1cccc([N+](=O)[O-])c1S(=O)(=O)NCC(O)C(=O)O. The van der Waals surface area contributed by atoms with E-state index >= 15 is 0 Å². The maximum atomic E-state index is 12.0. The van der Waals surface area contributed by atoms with E-state index < -0.39 is 44.1 Å². The summed E-state index contributed by atoms with van der Waals surface area (Å²) < 4.78 is 25.8. The molecule has 0 radical (unpaired) electrons. The van der Waals surface area contributed by atoms with Gasteiger partial charge in [-0.1, -0.05) is 12.1 Å². The number of hydrogen-bond acceptors (Lipinski definition) is 6. The molecule has 0 spiro atoms. The van der Waals surface area contributed by atoms with Gasteiger partial charge >= 0.3 is 5.97 Å². The molecule has 9 nitrogen and oxygen atoms in total. The third-order valence-corrected chi connectivity index (χ3v) is 4.02. The molecule has 10 heteroatoms. The van der Waals surface area contributed by atoms with Crippen molar-refractivity contribution in [2.45, 2.75) is 17.9 Å². The lowest BCUT2D eigenvalue weighted by Gasteiger charge is -2.11. The monoisotopic (exact) mass is 304 g/mol. The van der Waals surface area contributed by atoms with E-state index in [2.05, 4.69) is 0 Å². The minimum atomic E-state index is -4.31. The molecule has 0 saturated carbocycles. The number of nitro benzene ring substituents is 1. The minimum Gasteiger partial charge on any atom is -0.479 e. The number of aliphatic hydroxyl groups is 1. The number of aliphatic hydroxyl groups excluding tert-OH is 1. The Morgan fingerprint density at radius 3 is 2.60 bits per heavy atom. The number of aryl methyl sites for hydroxylation is 1. The predicted octanol–water partition coefficient (Wildman–Crippen LogP) is -0.373. The highest BCUT2D eigenvalue weighted by Gasteiger charge is 2.28. The fraction of sp³-hybridized carbons (Fsp3) is 0.300. The van der Waals surface area contributed by atoms with E-state index in [1.165, 1.54) is 19.1 Å². The number of nitrogens with zero attached hydrogens (tertiary/aromatic N) is 1. The highest BCUT2D eigenvalue weighted by molar-refractivity contribution is 7.89. The number of sulfonamides is 1. The van der Waals surface area contributed by atoms with Crippen molar-refractivity contribution in [1.29, 1.82) is 0 Å². The summed E-state index contributed by atoms with van der Waals surface area (Å²) in [6, 6.07) is 3.73. The smallest absolute Gasteiger partial charge is 0.333 e. The van der Waals surface area contributed by atoms with Gasteiger partial charge in [0.15, 0.2) is 11.0 Å². The number of benzene rings is 1. The fourth-order valence-electron chi connectivity index (χ4n) is 1.48. The van der Waals surface area contributed by atoms with E-state index in [1.807, 2.05) is 4.72 Å². The Labute approximate surface area is 114 Å². The highest BCUT2D eigenvalue weighted by Crippen LogP contribution is 2.26. The van der Waals surface area contributed by atoms with E-state index in [9.17, 15) is 23.3 Å². The molecule has 0 fully saturated rings. The molecule has 0 aliphatic carbocycles. The molecular formula is C10H12N2O7S. The Morgan fingerprint density at radius 2 is 2.10 bits per heavy atom. The fourth-order valence-corrected chi connectivity index (χ4v) is 2.91. The Kier molecular flexibility index (Phi) is 4.76. The number of nitrogens with one attached hydrogen (secondary N) is 1. The molecule has 20 heavy (non-hydrogen) atoms.